The Morgan fingerprint density at radius 3 is 2.81 bits per heavy atom. The lowest BCUT2D eigenvalue weighted by atomic mass is 10.1. The Kier molecular flexibility index (Phi) is 3.72. The predicted octanol–water partition coefficient (Wildman–Crippen LogP) is 1.58. The van der Waals surface area contributed by atoms with Crippen molar-refractivity contribution >= 4 is 33.9 Å². The number of imide groups is 1. The zero-order valence-electron chi connectivity index (χ0n) is 13.5. The van der Waals surface area contributed by atoms with Gasteiger partial charge in [0, 0.05) is 25.2 Å². The third-order valence-electron chi connectivity index (χ3n) is 4.15. The van der Waals surface area contributed by atoms with Crippen LogP contribution in [0.5, 0.6) is 11.5 Å². The van der Waals surface area contributed by atoms with Crippen molar-refractivity contribution < 1.29 is 23.8 Å². The molecule has 3 aromatic rings. The molecule has 8 nitrogen and oxygen atoms in total. The number of para-hydroxylation sites is 1. The van der Waals surface area contributed by atoms with E-state index in [0.717, 1.165) is 4.90 Å². The highest BCUT2D eigenvalue weighted by Crippen LogP contribution is 2.30. The molecule has 4 rings (SSSR count). The fraction of sp³-hybridized carbons (Fsp3) is 0.167. The fourth-order valence-corrected chi connectivity index (χ4v) is 2.90. The molecular formula is C18H14N2O6. The van der Waals surface area contributed by atoms with Crippen LogP contribution in [-0.2, 0) is 4.79 Å². The zero-order valence-corrected chi connectivity index (χ0v) is 13.5. The summed E-state index contributed by atoms with van der Waals surface area (Å²) in [6.07, 6.45) is 0. The number of amides is 3. The van der Waals surface area contributed by atoms with Crippen molar-refractivity contribution in [3.8, 4) is 11.5 Å². The van der Waals surface area contributed by atoms with E-state index in [0.29, 0.717) is 17.5 Å². The first-order valence-electron chi connectivity index (χ1n) is 7.94. The summed E-state index contributed by atoms with van der Waals surface area (Å²) in [5.74, 6) is -0.649. The van der Waals surface area contributed by atoms with Gasteiger partial charge < -0.3 is 19.6 Å². The standard InChI is InChI=1S/C18H14N2O6/c21-12-7-10(25-9-15(22)20-6-5-19-18(20)24)8-14-16(12)17(23)11-3-1-2-4-13(11)26-14/h1-4,7-8,21H,5-6,9H2,(H,19,24). The number of aromatic hydroxyl groups is 1. The summed E-state index contributed by atoms with van der Waals surface area (Å²) < 4.78 is 11.0. The number of benzene rings is 2. The number of carbonyl (C=O) groups excluding carboxylic acids is 2. The first-order chi connectivity index (χ1) is 12.5. The summed E-state index contributed by atoms with van der Waals surface area (Å²) in [4.78, 5) is 37.1. The number of carbonyl (C=O) groups is 2. The molecule has 26 heavy (non-hydrogen) atoms. The van der Waals surface area contributed by atoms with Crippen molar-refractivity contribution in [2.24, 2.45) is 0 Å². The third kappa shape index (κ3) is 2.61. The molecule has 0 aliphatic carbocycles. The third-order valence-corrected chi connectivity index (χ3v) is 4.15. The molecule has 3 amide bonds. The second-order valence-corrected chi connectivity index (χ2v) is 5.81. The van der Waals surface area contributed by atoms with Gasteiger partial charge in [-0.2, -0.15) is 0 Å². The molecule has 0 atom stereocenters. The Hall–Kier alpha value is -3.55. The highest BCUT2D eigenvalue weighted by Gasteiger charge is 2.26. The molecule has 1 fully saturated rings. The second kappa shape index (κ2) is 6.07. The van der Waals surface area contributed by atoms with Crippen LogP contribution in [0.15, 0.2) is 45.6 Å². The number of ether oxygens (including phenoxy) is 1. The zero-order chi connectivity index (χ0) is 18.3. The van der Waals surface area contributed by atoms with Gasteiger partial charge in [-0.25, -0.2) is 4.79 Å². The summed E-state index contributed by atoms with van der Waals surface area (Å²) in [6.45, 7) is 0.306. The summed E-state index contributed by atoms with van der Waals surface area (Å²) >= 11 is 0. The monoisotopic (exact) mass is 354 g/mol. The van der Waals surface area contributed by atoms with Gasteiger partial charge in [0.2, 0.25) is 5.43 Å². The first kappa shape index (κ1) is 15.9. The van der Waals surface area contributed by atoms with Gasteiger partial charge in [-0.15, -0.1) is 0 Å². The Bertz CT molecular complexity index is 1100. The van der Waals surface area contributed by atoms with E-state index in [2.05, 4.69) is 5.32 Å². The van der Waals surface area contributed by atoms with Crippen LogP contribution < -0.4 is 15.5 Å². The van der Waals surface area contributed by atoms with Crippen LogP contribution in [0, 0.1) is 0 Å². The predicted molar refractivity (Wildman–Crippen MR) is 92.3 cm³/mol. The van der Waals surface area contributed by atoms with Crippen LogP contribution in [0.3, 0.4) is 0 Å². The van der Waals surface area contributed by atoms with Gasteiger partial charge in [-0.1, -0.05) is 12.1 Å². The number of fused-ring (bicyclic) bond motifs is 2. The van der Waals surface area contributed by atoms with Crippen molar-refractivity contribution in [2.45, 2.75) is 0 Å². The summed E-state index contributed by atoms with van der Waals surface area (Å²) in [7, 11) is 0. The normalized spacial score (nSPS) is 14.0. The molecule has 2 heterocycles. The lowest BCUT2D eigenvalue weighted by Gasteiger charge is -2.13. The van der Waals surface area contributed by atoms with Crippen LogP contribution in [-0.4, -0.2) is 41.6 Å². The van der Waals surface area contributed by atoms with Crippen molar-refractivity contribution in [1.29, 1.82) is 0 Å². The fourth-order valence-electron chi connectivity index (χ4n) is 2.90. The largest absolute Gasteiger partial charge is 0.507 e. The van der Waals surface area contributed by atoms with E-state index in [1.54, 1.807) is 24.3 Å². The van der Waals surface area contributed by atoms with E-state index in [9.17, 15) is 19.5 Å². The summed E-state index contributed by atoms with van der Waals surface area (Å²) in [6, 6.07) is 8.92. The molecule has 2 aromatic carbocycles. The lowest BCUT2D eigenvalue weighted by Crippen LogP contribution is -2.37. The van der Waals surface area contributed by atoms with Gasteiger partial charge in [0.25, 0.3) is 5.91 Å². The maximum atomic E-state index is 12.5. The summed E-state index contributed by atoms with van der Waals surface area (Å²) in [5.41, 5.74) is 0.178. The second-order valence-electron chi connectivity index (χ2n) is 5.81. The number of hydrogen-bond acceptors (Lipinski definition) is 6. The van der Waals surface area contributed by atoms with E-state index in [4.69, 9.17) is 9.15 Å². The SMILES string of the molecule is O=C(COc1cc(O)c2c(=O)c3ccccc3oc2c1)N1CCNC1=O. The molecule has 1 aliphatic heterocycles. The molecule has 1 aliphatic rings. The number of hydrogen-bond donors (Lipinski definition) is 2. The van der Waals surface area contributed by atoms with Crippen molar-refractivity contribution in [3.63, 3.8) is 0 Å². The number of rotatable bonds is 3. The van der Waals surface area contributed by atoms with Crippen LogP contribution in [0.25, 0.3) is 21.9 Å². The van der Waals surface area contributed by atoms with Gasteiger partial charge in [0.05, 0.1) is 5.39 Å². The van der Waals surface area contributed by atoms with Crippen molar-refractivity contribution in [2.75, 3.05) is 19.7 Å². The van der Waals surface area contributed by atoms with Crippen molar-refractivity contribution in [1.82, 2.24) is 10.2 Å². The Balaban J connectivity index is 1.66. The Morgan fingerprint density at radius 2 is 2.04 bits per heavy atom. The minimum atomic E-state index is -0.500. The molecule has 0 spiro atoms. The molecule has 0 radical (unpaired) electrons. The molecule has 0 saturated carbocycles. The van der Waals surface area contributed by atoms with Crippen LogP contribution in [0.1, 0.15) is 0 Å². The smallest absolute Gasteiger partial charge is 0.324 e. The Labute approximate surface area is 146 Å². The maximum absolute atomic E-state index is 12.5. The highest BCUT2D eigenvalue weighted by molar-refractivity contribution is 5.97. The maximum Gasteiger partial charge on any atom is 0.324 e. The number of nitrogens with zero attached hydrogens (tertiary/aromatic N) is 1. The van der Waals surface area contributed by atoms with E-state index >= 15 is 0 Å². The number of phenols is 1. The van der Waals surface area contributed by atoms with E-state index in [1.165, 1.54) is 12.1 Å². The molecule has 1 aromatic heterocycles. The van der Waals surface area contributed by atoms with Crippen LogP contribution in [0.4, 0.5) is 4.79 Å². The van der Waals surface area contributed by atoms with Gasteiger partial charge in [-0.05, 0) is 12.1 Å². The van der Waals surface area contributed by atoms with E-state index in [-0.39, 0.29) is 41.0 Å². The summed E-state index contributed by atoms with van der Waals surface area (Å²) in [5, 5.41) is 13.1. The molecule has 2 N–H and O–H groups in total. The van der Waals surface area contributed by atoms with Crippen LogP contribution >= 0.6 is 0 Å². The average Bonchev–Trinajstić information content (AvgIpc) is 3.05. The molecular weight excluding hydrogens is 340 g/mol. The molecule has 0 unspecified atom stereocenters. The number of nitrogens with one attached hydrogen (secondary N) is 1. The van der Waals surface area contributed by atoms with Gasteiger partial charge in [0.15, 0.2) is 6.61 Å². The lowest BCUT2D eigenvalue weighted by molar-refractivity contribution is -0.129. The number of phenolic OH excluding ortho intramolecular Hbond substituents is 1. The van der Waals surface area contributed by atoms with Gasteiger partial charge >= 0.3 is 6.03 Å². The van der Waals surface area contributed by atoms with Gasteiger partial charge in [-0.3, -0.25) is 14.5 Å². The highest BCUT2D eigenvalue weighted by atomic mass is 16.5. The topological polar surface area (TPSA) is 109 Å². The van der Waals surface area contributed by atoms with E-state index < -0.39 is 11.9 Å². The average molecular weight is 354 g/mol. The Morgan fingerprint density at radius 1 is 1.23 bits per heavy atom. The quantitative estimate of drug-likeness (QED) is 0.691. The molecule has 132 valence electrons. The molecule has 0 bridgehead atoms. The van der Waals surface area contributed by atoms with E-state index in [1.807, 2.05) is 0 Å². The number of urea groups is 1. The minimum Gasteiger partial charge on any atom is -0.507 e. The molecule has 1 saturated heterocycles. The minimum absolute atomic E-state index is 0.0429. The van der Waals surface area contributed by atoms with Gasteiger partial charge in [0.1, 0.15) is 28.1 Å². The first-order valence-corrected chi connectivity index (χ1v) is 7.94. The molecule has 8 heteroatoms. The van der Waals surface area contributed by atoms with Crippen LogP contribution in [0.2, 0.25) is 0 Å². The van der Waals surface area contributed by atoms with Crippen molar-refractivity contribution in [3.05, 3.63) is 46.6 Å².